The average molecular weight is 584 g/mol. The lowest BCUT2D eigenvalue weighted by molar-refractivity contribution is 0.155. The summed E-state index contributed by atoms with van der Waals surface area (Å²) in [6, 6.07) is 29.1. The van der Waals surface area contributed by atoms with Gasteiger partial charge in [-0.2, -0.15) is 0 Å². The van der Waals surface area contributed by atoms with Gasteiger partial charge in [-0.05, 0) is 55.2 Å². The summed E-state index contributed by atoms with van der Waals surface area (Å²) in [6.07, 6.45) is 16.8. The van der Waals surface area contributed by atoms with E-state index < -0.39 is 0 Å². The molecule has 0 spiro atoms. The molecule has 5 heteroatoms. The molecule has 0 amide bonds. The van der Waals surface area contributed by atoms with E-state index in [2.05, 4.69) is 91.9 Å². The summed E-state index contributed by atoms with van der Waals surface area (Å²) in [6.45, 7) is 2.15. The normalized spacial score (nSPS) is 19.8. The second-order valence-corrected chi connectivity index (χ2v) is 12.1. The Kier molecular flexibility index (Phi) is 5.75. The summed E-state index contributed by atoms with van der Waals surface area (Å²) in [5.74, 6) is 3.12. The van der Waals surface area contributed by atoms with E-state index in [9.17, 15) is 0 Å². The second-order valence-electron chi connectivity index (χ2n) is 12.1. The predicted octanol–water partition coefficient (Wildman–Crippen LogP) is 9.87. The highest BCUT2D eigenvalue weighted by Gasteiger charge is 2.42. The number of ether oxygens (including phenoxy) is 1. The van der Waals surface area contributed by atoms with Crippen molar-refractivity contribution in [3.63, 3.8) is 0 Å². The van der Waals surface area contributed by atoms with E-state index in [4.69, 9.17) is 24.1 Å². The molecule has 0 saturated heterocycles. The largest absolute Gasteiger partial charge is 0.482 e. The number of fused-ring (bicyclic) bond motifs is 6. The zero-order valence-electron chi connectivity index (χ0n) is 24.8. The lowest BCUT2D eigenvalue weighted by atomic mass is 9.82. The van der Waals surface area contributed by atoms with Crippen molar-refractivity contribution in [2.24, 2.45) is 0 Å². The van der Waals surface area contributed by atoms with Gasteiger partial charge in [0, 0.05) is 38.9 Å². The molecule has 2 atom stereocenters. The maximum Gasteiger partial charge on any atom is 0.164 e. The lowest BCUT2D eigenvalue weighted by Crippen LogP contribution is -2.32. The standard InChI is InChI=1S/C40H29N3O2/c1-40-23-9-8-19-32(40)31-24-27(21-22-33(31)45-40)28-16-10-17-29-35-30(18-11-20-34(35)44-36(28)29)39-42-37(25-12-4-2-5-13-25)41-38(43-39)26-14-6-3-7-15-26/h2-6,8-14,16-24,32H,7,15H2,1H3. The van der Waals surface area contributed by atoms with Crippen LogP contribution in [-0.4, -0.2) is 20.6 Å². The maximum atomic E-state index is 6.66. The molecule has 216 valence electrons. The fraction of sp³-hybridized carbons (Fsp3) is 0.125. The molecular formula is C40H29N3O2. The van der Waals surface area contributed by atoms with Crippen LogP contribution >= 0.6 is 0 Å². The van der Waals surface area contributed by atoms with Gasteiger partial charge in [0.2, 0.25) is 0 Å². The minimum Gasteiger partial charge on any atom is -0.482 e. The Morgan fingerprint density at radius 2 is 1.60 bits per heavy atom. The van der Waals surface area contributed by atoms with Gasteiger partial charge in [0.05, 0.1) is 0 Å². The molecule has 2 aliphatic carbocycles. The lowest BCUT2D eigenvalue weighted by Gasteiger charge is -2.27. The fourth-order valence-electron chi connectivity index (χ4n) is 6.92. The monoisotopic (exact) mass is 583 g/mol. The first-order chi connectivity index (χ1) is 22.1. The third kappa shape index (κ3) is 4.19. The molecular weight excluding hydrogens is 554 g/mol. The van der Waals surface area contributed by atoms with E-state index in [0.29, 0.717) is 17.5 Å². The van der Waals surface area contributed by atoms with Gasteiger partial charge in [-0.1, -0.05) is 103 Å². The van der Waals surface area contributed by atoms with Gasteiger partial charge in [0.25, 0.3) is 0 Å². The Bertz CT molecular complexity index is 2270. The Morgan fingerprint density at radius 1 is 0.756 bits per heavy atom. The number of aromatic nitrogens is 3. The molecule has 3 aliphatic rings. The minimum absolute atomic E-state index is 0.172. The van der Waals surface area contributed by atoms with Gasteiger partial charge in [0.1, 0.15) is 22.5 Å². The highest BCUT2D eigenvalue weighted by molar-refractivity contribution is 6.15. The quantitative estimate of drug-likeness (QED) is 0.207. The van der Waals surface area contributed by atoms with Gasteiger partial charge in [-0.3, -0.25) is 0 Å². The van der Waals surface area contributed by atoms with Gasteiger partial charge in [-0.15, -0.1) is 0 Å². The van der Waals surface area contributed by atoms with Crippen LogP contribution in [0, 0.1) is 0 Å². The molecule has 0 radical (unpaired) electrons. The van der Waals surface area contributed by atoms with E-state index in [0.717, 1.165) is 68.4 Å². The summed E-state index contributed by atoms with van der Waals surface area (Å²) in [7, 11) is 0. The van der Waals surface area contributed by atoms with E-state index in [-0.39, 0.29) is 11.5 Å². The number of allylic oxidation sites excluding steroid dienone is 6. The van der Waals surface area contributed by atoms with Crippen LogP contribution in [0.25, 0.3) is 61.4 Å². The van der Waals surface area contributed by atoms with Gasteiger partial charge < -0.3 is 9.15 Å². The first-order valence-corrected chi connectivity index (χ1v) is 15.5. The van der Waals surface area contributed by atoms with Crippen molar-refractivity contribution in [3.8, 4) is 39.7 Å². The molecule has 45 heavy (non-hydrogen) atoms. The Labute approximate surface area is 261 Å². The van der Waals surface area contributed by atoms with Crippen molar-refractivity contribution < 1.29 is 9.15 Å². The predicted molar refractivity (Wildman–Crippen MR) is 180 cm³/mol. The maximum absolute atomic E-state index is 6.66. The summed E-state index contributed by atoms with van der Waals surface area (Å²) in [4.78, 5) is 15.0. The van der Waals surface area contributed by atoms with E-state index in [1.54, 1.807) is 0 Å². The minimum atomic E-state index is -0.359. The van der Waals surface area contributed by atoms with E-state index >= 15 is 0 Å². The van der Waals surface area contributed by atoms with Crippen LogP contribution in [0.4, 0.5) is 0 Å². The Morgan fingerprint density at radius 3 is 2.49 bits per heavy atom. The molecule has 0 N–H and O–H groups in total. The third-order valence-electron chi connectivity index (χ3n) is 9.18. The first kappa shape index (κ1) is 25.9. The highest BCUT2D eigenvalue weighted by atomic mass is 16.5. The van der Waals surface area contributed by atoms with Crippen molar-refractivity contribution in [3.05, 3.63) is 139 Å². The third-order valence-corrected chi connectivity index (χ3v) is 9.18. The molecule has 3 heterocycles. The van der Waals surface area contributed by atoms with Crippen LogP contribution in [0.1, 0.15) is 37.1 Å². The van der Waals surface area contributed by atoms with Crippen LogP contribution in [0.5, 0.6) is 5.75 Å². The summed E-state index contributed by atoms with van der Waals surface area (Å²) >= 11 is 0. The molecule has 0 saturated carbocycles. The Hall–Kier alpha value is -5.55. The Balaban J connectivity index is 1.22. The number of nitrogens with zero attached hydrogens (tertiary/aromatic N) is 3. The van der Waals surface area contributed by atoms with Crippen LogP contribution in [-0.2, 0) is 0 Å². The topological polar surface area (TPSA) is 61.0 Å². The molecule has 2 unspecified atom stereocenters. The molecule has 0 fully saturated rings. The van der Waals surface area contributed by atoms with Crippen LogP contribution in [0.2, 0.25) is 0 Å². The SMILES string of the molecule is CC12C=CC=CC1c1cc(-c3cccc4c3oc3cccc(-c5nc(C6=CC=CCC6)nc(-c6ccccc6)n5)c34)ccc1O2. The van der Waals surface area contributed by atoms with Crippen molar-refractivity contribution in [2.75, 3.05) is 0 Å². The summed E-state index contributed by atoms with van der Waals surface area (Å²) in [5.41, 5.74) is 7.63. The molecule has 9 rings (SSSR count). The second kappa shape index (κ2) is 10.00. The van der Waals surface area contributed by atoms with Crippen LogP contribution < -0.4 is 4.74 Å². The smallest absolute Gasteiger partial charge is 0.164 e. The number of rotatable bonds is 4. The molecule has 4 aromatic carbocycles. The number of hydrogen-bond donors (Lipinski definition) is 0. The first-order valence-electron chi connectivity index (χ1n) is 15.5. The van der Waals surface area contributed by atoms with Gasteiger partial charge >= 0.3 is 0 Å². The average Bonchev–Trinajstić information content (AvgIpc) is 3.63. The molecule has 2 aromatic heterocycles. The molecule has 6 aromatic rings. The highest BCUT2D eigenvalue weighted by Crippen LogP contribution is 2.49. The summed E-state index contributed by atoms with van der Waals surface area (Å²) < 4.78 is 13.1. The van der Waals surface area contributed by atoms with Crippen LogP contribution in [0.15, 0.2) is 132 Å². The van der Waals surface area contributed by atoms with E-state index in [1.165, 1.54) is 5.56 Å². The van der Waals surface area contributed by atoms with Crippen molar-refractivity contribution in [1.29, 1.82) is 0 Å². The molecule has 0 bridgehead atoms. The van der Waals surface area contributed by atoms with Crippen LogP contribution in [0.3, 0.4) is 0 Å². The van der Waals surface area contributed by atoms with Crippen molar-refractivity contribution >= 4 is 27.5 Å². The van der Waals surface area contributed by atoms with E-state index in [1.807, 2.05) is 42.5 Å². The number of furan rings is 1. The van der Waals surface area contributed by atoms with Gasteiger partial charge in [0.15, 0.2) is 17.5 Å². The summed E-state index contributed by atoms with van der Waals surface area (Å²) in [5, 5.41) is 2.03. The number of hydrogen-bond acceptors (Lipinski definition) is 5. The fourth-order valence-corrected chi connectivity index (χ4v) is 6.92. The number of para-hydroxylation sites is 1. The zero-order chi connectivity index (χ0) is 30.0. The number of benzene rings is 4. The van der Waals surface area contributed by atoms with Crippen molar-refractivity contribution in [1.82, 2.24) is 15.0 Å². The molecule has 5 nitrogen and oxygen atoms in total. The molecule has 1 aliphatic heterocycles. The zero-order valence-corrected chi connectivity index (χ0v) is 24.8. The van der Waals surface area contributed by atoms with Crippen molar-refractivity contribution in [2.45, 2.75) is 31.3 Å². The van der Waals surface area contributed by atoms with Gasteiger partial charge in [-0.25, -0.2) is 15.0 Å².